The lowest BCUT2D eigenvalue weighted by Gasteiger charge is -2.30. The second kappa shape index (κ2) is 12.5. The van der Waals surface area contributed by atoms with E-state index in [9.17, 15) is 14.7 Å². The van der Waals surface area contributed by atoms with E-state index in [0.29, 0.717) is 28.9 Å². The van der Waals surface area contributed by atoms with Crippen LogP contribution in [0.3, 0.4) is 0 Å². The van der Waals surface area contributed by atoms with Crippen molar-refractivity contribution in [2.45, 2.75) is 56.7 Å². The molecule has 178 valence electrons. The highest BCUT2D eigenvalue weighted by Gasteiger charge is 2.27. The van der Waals surface area contributed by atoms with Gasteiger partial charge in [0.05, 0.1) is 0 Å². The van der Waals surface area contributed by atoms with E-state index in [1.165, 1.54) is 37.7 Å². The molecule has 0 aliphatic heterocycles. The van der Waals surface area contributed by atoms with Crippen LogP contribution in [0.4, 0.5) is 0 Å². The predicted octanol–water partition coefficient (Wildman–Crippen LogP) is 6.58. The molecule has 2 atom stereocenters. The lowest BCUT2D eigenvalue weighted by atomic mass is 9.83. The maximum Gasteiger partial charge on any atom is 0.326 e. The van der Waals surface area contributed by atoms with Gasteiger partial charge in [0.15, 0.2) is 0 Å². The molecular weight excluding hydrogens is 450 g/mol. The zero-order chi connectivity index (χ0) is 23.8. The highest BCUT2D eigenvalue weighted by atomic mass is 32.2. The molecule has 1 saturated carbocycles. The minimum absolute atomic E-state index is 0.327. The highest BCUT2D eigenvalue weighted by Crippen LogP contribution is 2.43. The summed E-state index contributed by atoms with van der Waals surface area (Å²) in [7, 11) is 0. The van der Waals surface area contributed by atoms with Gasteiger partial charge in [-0.25, -0.2) is 4.79 Å². The fraction of sp³-hybridized carbons (Fsp3) is 0.481. The molecule has 0 radical (unpaired) electrons. The number of hydrogen-bond acceptors (Lipinski definition) is 4. The molecule has 0 bridgehead atoms. The molecule has 4 nitrogen and oxygen atoms in total. The molecule has 0 aromatic heterocycles. The minimum atomic E-state index is -0.994. The van der Waals surface area contributed by atoms with E-state index < -0.39 is 12.0 Å². The fourth-order valence-electron chi connectivity index (χ4n) is 4.80. The van der Waals surface area contributed by atoms with Crippen LogP contribution in [0.2, 0.25) is 0 Å². The molecule has 3 rings (SSSR count). The molecule has 2 aromatic rings. The van der Waals surface area contributed by atoms with Crippen molar-refractivity contribution >= 4 is 35.4 Å². The van der Waals surface area contributed by atoms with Crippen molar-refractivity contribution in [1.82, 2.24) is 5.32 Å². The molecule has 2 N–H and O–H groups in total. The first kappa shape index (κ1) is 25.7. The monoisotopic (exact) mass is 485 g/mol. The Morgan fingerprint density at radius 3 is 2.42 bits per heavy atom. The standard InChI is InChI=1S/C27H35NO3S2/c1-18-9-7-8-12-21(18)23-17-20(25(33-3)19-10-5-4-6-11-19)13-14-22(23)26(29)28-24(27(30)31)15-16-32-2/h7-9,12-14,17,19,24-25H,4-6,10-11,15-16H2,1-3H3,(H,28,29)(H,30,31)/t24-,25?/m0/s1. The zero-order valence-electron chi connectivity index (χ0n) is 19.8. The Morgan fingerprint density at radius 2 is 1.79 bits per heavy atom. The average Bonchev–Trinajstić information content (AvgIpc) is 2.83. The lowest BCUT2D eigenvalue weighted by Crippen LogP contribution is -2.41. The maximum atomic E-state index is 13.3. The first-order valence-electron chi connectivity index (χ1n) is 11.7. The van der Waals surface area contributed by atoms with Gasteiger partial charge in [-0.1, -0.05) is 49.6 Å². The van der Waals surface area contributed by atoms with Crippen molar-refractivity contribution < 1.29 is 14.7 Å². The molecule has 33 heavy (non-hydrogen) atoms. The van der Waals surface area contributed by atoms with Gasteiger partial charge in [-0.15, -0.1) is 0 Å². The summed E-state index contributed by atoms with van der Waals surface area (Å²) in [6.07, 6.45) is 10.9. The number of carbonyl (C=O) groups excluding carboxylic acids is 1. The quantitative estimate of drug-likeness (QED) is 0.398. The van der Waals surface area contributed by atoms with E-state index in [4.69, 9.17) is 0 Å². The maximum absolute atomic E-state index is 13.3. The van der Waals surface area contributed by atoms with E-state index >= 15 is 0 Å². The van der Waals surface area contributed by atoms with Gasteiger partial charge in [0.25, 0.3) is 5.91 Å². The van der Waals surface area contributed by atoms with Crippen LogP contribution in [0.25, 0.3) is 11.1 Å². The largest absolute Gasteiger partial charge is 0.480 e. The summed E-state index contributed by atoms with van der Waals surface area (Å²) in [6, 6.07) is 13.3. The van der Waals surface area contributed by atoms with Crippen LogP contribution < -0.4 is 5.32 Å². The SMILES string of the molecule is CSCC[C@H](NC(=O)c1ccc(C(SC)C2CCCCC2)cc1-c1ccccc1C)C(=O)O. The molecule has 0 heterocycles. The van der Waals surface area contributed by atoms with E-state index in [1.807, 2.05) is 42.3 Å². The van der Waals surface area contributed by atoms with Gasteiger partial charge in [-0.3, -0.25) is 4.79 Å². The summed E-state index contributed by atoms with van der Waals surface area (Å²) in [5.74, 6) is 0.0106. The van der Waals surface area contributed by atoms with Crippen molar-refractivity contribution in [2.75, 3.05) is 18.3 Å². The third-order valence-electron chi connectivity index (χ3n) is 6.60. The number of benzene rings is 2. The summed E-state index contributed by atoms with van der Waals surface area (Å²) in [5.41, 5.74) is 4.78. The summed E-state index contributed by atoms with van der Waals surface area (Å²) >= 11 is 3.47. The van der Waals surface area contributed by atoms with Crippen LogP contribution in [0, 0.1) is 12.8 Å². The zero-order valence-corrected chi connectivity index (χ0v) is 21.4. The topological polar surface area (TPSA) is 66.4 Å². The van der Waals surface area contributed by atoms with Gasteiger partial charge in [0, 0.05) is 10.8 Å². The molecule has 1 aliphatic carbocycles. The number of carbonyl (C=O) groups is 2. The number of aliphatic carboxylic acids is 1. The summed E-state index contributed by atoms with van der Waals surface area (Å²) in [4.78, 5) is 25.0. The summed E-state index contributed by atoms with van der Waals surface area (Å²) in [5, 5.41) is 12.8. The highest BCUT2D eigenvalue weighted by molar-refractivity contribution is 7.98. The number of thioether (sulfide) groups is 2. The Bertz CT molecular complexity index is 956. The predicted molar refractivity (Wildman–Crippen MR) is 141 cm³/mol. The Kier molecular flexibility index (Phi) is 9.75. The van der Waals surface area contributed by atoms with Crippen molar-refractivity contribution in [3.05, 3.63) is 59.2 Å². The Labute approximate surface area is 206 Å². The number of amides is 1. The minimum Gasteiger partial charge on any atom is -0.480 e. The van der Waals surface area contributed by atoms with Crippen LogP contribution in [-0.4, -0.2) is 41.3 Å². The number of aryl methyl sites for hydroxylation is 1. The number of rotatable bonds is 10. The number of hydrogen-bond donors (Lipinski definition) is 2. The molecule has 2 aromatic carbocycles. The number of nitrogens with one attached hydrogen (secondary N) is 1. The van der Waals surface area contributed by atoms with Gasteiger partial charge >= 0.3 is 5.97 Å². The second-order valence-corrected chi connectivity index (χ2v) is 10.8. The fourth-order valence-corrected chi connectivity index (χ4v) is 6.35. The summed E-state index contributed by atoms with van der Waals surface area (Å²) in [6.45, 7) is 2.05. The normalized spacial score (nSPS) is 16.2. The van der Waals surface area contributed by atoms with E-state index in [0.717, 1.165) is 16.7 Å². The summed E-state index contributed by atoms with van der Waals surface area (Å²) < 4.78 is 0. The molecule has 0 spiro atoms. The molecule has 1 fully saturated rings. The van der Waals surface area contributed by atoms with Crippen LogP contribution in [-0.2, 0) is 4.79 Å². The van der Waals surface area contributed by atoms with Crippen LogP contribution in [0.1, 0.15) is 65.3 Å². The third kappa shape index (κ3) is 6.57. The van der Waals surface area contributed by atoms with Crippen molar-refractivity contribution in [3.8, 4) is 11.1 Å². The van der Waals surface area contributed by atoms with Crippen molar-refractivity contribution in [3.63, 3.8) is 0 Å². The molecule has 6 heteroatoms. The smallest absolute Gasteiger partial charge is 0.326 e. The Morgan fingerprint density at radius 1 is 1.06 bits per heavy atom. The first-order chi connectivity index (χ1) is 16.0. The molecule has 1 aliphatic rings. The molecular formula is C27H35NO3S2. The van der Waals surface area contributed by atoms with Gasteiger partial charge in [0.2, 0.25) is 0 Å². The van der Waals surface area contributed by atoms with Gasteiger partial charge in [0.1, 0.15) is 6.04 Å². The van der Waals surface area contributed by atoms with E-state index in [-0.39, 0.29) is 5.91 Å². The van der Waals surface area contributed by atoms with Gasteiger partial charge in [-0.2, -0.15) is 23.5 Å². The average molecular weight is 486 g/mol. The van der Waals surface area contributed by atoms with E-state index in [1.54, 1.807) is 11.8 Å². The number of carboxylic acids is 1. The molecule has 0 saturated heterocycles. The van der Waals surface area contributed by atoms with Gasteiger partial charge < -0.3 is 10.4 Å². The van der Waals surface area contributed by atoms with Crippen LogP contribution in [0.5, 0.6) is 0 Å². The molecule has 1 unspecified atom stereocenters. The number of carboxylic acid groups (broad SMARTS) is 1. The van der Waals surface area contributed by atoms with Crippen molar-refractivity contribution in [1.29, 1.82) is 0 Å². The van der Waals surface area contributed by atoms with Crippen LogP contribution in [0.15, 0.2) is 42.5 Å². The Hall–Kier alpha value is -1.92. The Balaban J connectivity index is 2.00. The van der Waals surface area contributed by atoms with E-state index in [2.05, 4.69) is 36.7 Å². The second-order valence-electron chi connectivity index (χ2n) is 8.82. The van der Waals surface area contributed by atoms with Gasteiger partial charge in [-0.05, 0) is 84.8 Å². The first-order valence-corrected chi connectivity index (χ1v) is 14.4. The van der Waals surface area contributed by atoms with Crippen LogP contribution >= 0.6 is 23.5 Å². The molecule has 1 amide bonds. The lowest BCUT2D eigenvalue weighted by molar-refractivity contribution is -0.139. The van der Waals surface area contributed by atoms with Crippen molar-refractivity contribution in [2.24, 2.45) is 5.92 Å². The third-order valence-corrected chi connectivity index (χ3v) is 8.41.